The minimum atomic E-state index is 0.176. The van der Waals surface area contributed by atoms with E-state index in [0.717, 1.165) is 47.8 Å². The van der Waals surface area contributed by atoms with Gasteiger partial charge >= 0.3 is 0 Å². The third-order valence-corrected chi connectivity index (χ3v) is 5.29. The quantitative estimate of drug-likeness (QED) is 0.692. The van der Waals surface area contributed by atoms with E-state index in [9.17, 15) is 0 Å². The summed E-state index contributed by atoms with van der Waals surface area (Å²) in [5.74, 6) is 1.57. The second-order valence-electron chi connectivity index (χ2n) is 7.39. The molecule has 0 saturated heterocycles. The standard InChI is InChI=1S/C21H25N5O/c1-15-19(16(2)26(3)25-15)18-9-12-22-20(24-18)23-13-21(10-11-21)14-27-17-7-5-4-6-8-17/h4-9,12H,10-11,13-14H2,1-3H3,(H,22,23,24). The Morgan fingerprint density at radius 2 is 1.93 bits per heavy atom. The molecule has 6 nitrogen and oxygen atoms in total. The Morgan fingerprint density at radius 3 is 2.59 bits per heavy atom. The van der Waals surface area contributed by atoms with Gasteiger partial charge in [-0.05, 0) is 44.9 Å². The number of hydrogen-bond donors (Lipinski definition) is 1. The number of hydrogen-bond acceptors (Lipinski definition) is 5. The van der Waals surface area contributed by atoms with Crippen LogP contribution in [-0.2, 0) is 7.05 Å². The third-order valence-electron chi connectivity index (χ3n) is 5.29. The van der Waals surface area contributed by atoms with Crippen molar-refractivity contribution in [2.75, 3.05) is 18.5 Å². The summed E-state index contributed by atoms with van der Waals surface area (Å²) in [5, 5.41) is 7.89. The lowest BCUT2D eigenvalue weighted by atomic mass is 10.1. The number of aryl methyl sites for hydroxylation is 2. The number of ether oxygens (including phenoxy) is 1. The first kappa shape index (κ1) is 17.5. The summed E-state index contributed by atoms with van der Waals surface area (Å²) in [6, 6.07) is 11.9. The Labute approximate surface area is 159 Å². The van der Waals surface area contributed by atoms with E-state index in [1.807, 2.05) is 55.1 Å². The minimum Gasteiger partial charge on any atom is -0.493 e. The zero-order valence-corrected chi connectivity index (χ0v) is 16.1. The molecule has 1 fully saturated rings. The monoisotopic (exact) mass is 363 g/mol. The molecule has 6 heteroatoms. The topological polar surface area (TPSA) is 64.9 Å². The average Bonchev–Trinajstić information content (AvgIpc) is 3.41. The zero-order chi connectivity index (χ0) is 18.9. The molecular weight excluding hydrogens is 338 g/mol. The molecule has 0 radical (unpaired) electrons. The Bertz CT molecular complexity index is 931. The molecule has 2 heterocycles. The number of aromatic nitrogens is 4. The fraction of sp³-hybridized carbons (Fsp3) is 0.381. The SMILES string of the molecule is Cc1nn(C)c(C)c1-c1ccnc(NCC2(COc3ccccc3)CC2)n1. The minimum absolute atomic E-state index is 0.176. The Morgan fingerprint density at radius 1 is 1.15 bits per heavy atom. The number of anilines is 1. The van der Waals surface area contributed by atoms with Crippen molar-refractivity contribution in [3.8, 4) is 17.0 Å². The van der Waals surface area contributed by atoms with Crippen LogP contribution in [0.5, 0.6) is 5.75 Å². The van der Waals surface area contributed by atoms with Crippen molar-refractivity contribution in [2.24, 2.45) is 12.5 Å². The van der Waals surface area contributed by atoms with E-state index >= 15 is 0 Å². The van der Waals surface area contributed by atoms with Gasteiger partial charge in [0.2, 0.25) is 5.95 Å². The van der Waals surface area contributed by atoms with Gasteiger partial charge < -0.3 is 10.1 Å². The lowest BCUT2D eigenvalue weighted by Gasteiger charge is -2.17. The van der Waals surface area contributed by atoms with Crippen LogP contribution in [0.2, 0.25) is 0 Å². The van der Waals surface area contributed by atoms with Crippen molar-refractivity contribution < 1.29 is 4.74 Å². The van der Waals surface area contributed by atoms with Crippen molar-refractivity contribution >= 4 is 5.95 Å². The van der Waals surface area contributed by atoms with Gasteiger partial charge in [-0.15, -0.1) is 0 Å². The van der Waals surface area contributed by atoms with Gasteiger partial charge in [0, 0.05) is 36.5 Å². The predicted molar refractivity (Wildman–Crippen MR) is 106 cm³/mol. The van der Waals surface area contributed by atoms with Crippen LogP contribution in [0.4, 0.5) is 5.95 Å². The fourth-order valence-electron chi connectivity index (χ4n) is 3.30. The molecule has 0 unspecified atom stereocenters. The molecule has 1 saturated carbocycles. The molecule has 1 aliphatic rings. The number of rotatable bonds is 7. The highest BCUT2D eigenvalue weighted by Gasteiger charge is 2.43. The molecule has 3 aromatic rings. The van der Waals surface area contributed by atoms with Gasteiger partial charge in [0.1, 0.15) is 5.75 Å². The Balaban J connectivity index is 1.42. The zero-order valence-electron chi connectivity index (χ0n) is 16.1. The van der Waals surface area contributed by atoms with Gasteiger partial charge in [-0.25, -0.2) is 9.97 Å². The smallest absolute Gasteiger partial charge is 0.223 e. The first-order valence-corrected chi connectivity index (χ1v) is 9.32. The van der Waals surface area contributed by atoms with Crippen molar-refractivity contribution in [3.05, 3.63) is 54.0 Å². The molecular formula is C21H25N5O. The van der Waals surface area contributed by atoms with Crippen LogP contribution in [0.25, 0.3) is 11.3 Å². The third kappa shape index (κ3) is 3.79. The van der Waals surface area contributed by atoms with E-state index in [2.05, 4.69) is 22.3 Å². The number of benzene rings is 1. The van der Waals surface area contributed by atoms with E-state index in [1.165, 1.54) is 0 Å². The lowest BCUT2D eigenvalue weighted by molar-refractivity contribution is 0.242. The fourth-order valence-corrected chi connectivity index (χ4v) is 3.30. The van der Waals surface area contributed by atoms with E-state index in [-0.39, 0.29) is 5.41 Å². The maximum atomic E-state index is 5.96. The van der Waals surface area contributed by atoms with Crippen molar-refractivity contribution in [1.82, 2.24) is 19.7 Å². The van der Waals surface area contributed by atoms with Gasteiger partial charge in [-0.2, -0.15) is 5.10 Å². The van der Waals surface area contributed by atoms with Crippen molar-refractivity contribution in [2.45, 2.75) is 26.7 Å². The Kier molecular flexibility index (Phi) is 4.56. The summed E-state index contributed by atoms with van der Waals surface area (Å²) in [5.41, 5.74) is 4.24. The molecule has 140 valence electrons. The number of nitrogens with one attached hydrogen (secondary N) is 1. The van der Waals surface area contributed by atoms with Crippen LogP contribution in [0.15, 0.2) is 42.6 Å². The average molecular weight is 363 g/mol. The van der Waals surface area contributed by atoms with Crippen LogP contribution in [0.1, 0.15) is 24.2 Å². The molecule has 1 aliphatic carbocycles. The maximum Gasteiger partial charge on any atom is 0.223 e. The summed E-state index contributed by atoms with van der Waals surface area (Å²) < 4.78 is 7.85. The lowest BCUT2D eigenvalue weighted by Crippen LogP contribution is -2.23. The van der Waals surface area contributed by atoms with Crippen LogP contribution in [0, 0.1) is 19.3 Å². The molecule has 0 spiro atoms. The normalized spacial score (nSPS) is 14.8. The van der Waals surface area contributed by atoms with Crippen LogP contribution >= 0.6 is 0 Å². The molecule has 4 rings (SSSR count). The molecule has 2 aromatic heterocycles. The highest BCUT2D eigenvalue weighted by atomic mass is 16.5. The van der Waals surface area contributed by atoms with Crippen LogP contribution in [-0.4, -0.2) is 32.9 Å². The highest BCUT2D eigenvalue weighted by Crippen LogP contribution is 2.45. The van der Waals surface area contributed by atoms with E-state index < -0.39 is 0 Å². The summed E-state index contributed by atoms with van der Waals surface area (Å²) >= 11 is 0. The molecule has 0 bridgehead atoms. The van der Waals surface area contributed by atoms with Gasteiger partial charge in [0.15, 0.2) is 0 Å². The Hall–Kier alpha value is -2.89. The van der Waals surface area contributed by atoms with Gasteiger partial charge in [0.05, 0.1) is 18.0 Å². The predicted octanol–water partition coefficient (Wildman–Crippen LogP) is 3.77. The van der Waals surface area contributed by atoms with Crippen LogP contribution in [0.3, 0.4) is 0 Å². The number of nitrogens with zero attached hydrogens (tertiary/aromatic N) is 4. The van der Waals surface area contributed by atoms with Crippen molar-refractivity contribution in [3.63, 3.8) is 0 Å². The highest BCUT2D eigenvalue weighted by molar-refractivity contribution is 5.65. The first-order chi connectivity index (χ1) is 13.1. The summed E-state index contributed by atoms with van der Waals surface area (Å²) in [6.45, 7) is 5.60. The van der Waals surface area contributed by atoms with E-state index in [4.69, 9.17) is 9.72 Å². The van der Waals surface area contributed by atoms with Gasteiger partial charge in [0.25, 0.3) is 0 Å². The molecule has 1 aromatic carbocycles. The summed E-state index contributed by atoms with van der Waals surface area (Å²) in [6.07, 6.45) is 4.12. The van der Waals surface area contributed by atoms with E-state index in [1.54, 1.807) is 6.20 Å². The molecule has 0 aliphatic heterocycles. The second kappa shape index (κ2) is 7.02. The molecule has 1 N–H and O–H groups in total. The maximum absolute atomic E-state index is 5.96. The van der Waals surface area contributed by atoms with Gasteiger partial charge in [-0.3, -0.25) is 4.68 Å². The second-order valence-corrected chi connectivity index (χ2v) is 7.39. The van der Waals surface area contributed by atoms with Crippen molar-refractivity contribution in [1.29, 1.82) is 0 Å². The molecule has 0 atom stereocenters. The first-order valence-electron chi connectivity index (χ1n) is 9.32. The van der Waals surface area contributed by atoms with E-state index in [0.29, 0.717) is 12.6 Å². The summed E-state index contributed by atoms with van der Waals surface area (Å²) in [4.78, 5) is 9.10. The summed E-state index contributed by atoms with van der Waals surface area (Å²) in [7, 11) is 1.95. The van der Waals surface area contributed by atoms with Crippen LogP contribution < -0.4 is 10.1 Å². The molecule has 27 heavy (non-hydrogen) atoms. The largest absolute Gasteiger partial charge is 0.493 e. The number of para-hydroxylation sites is 1. The molecule has 0 amide bonds. The van der Waals surface area contributed by atoms with Gasteiger partial charge in [-0.1, -0.05) is 18.2 Å².